The van der Waals surface area contributed by atoms with Crippen LogP contribution in [0.3, 0.4) is 0 Å². The van der Waals surface area contributed by atoms with Crippen LogP contribution in [-0.2, 0) is 13.6 Å². The van der Waals surface area contributed by atoms with Gasteiger partial charge in [-0.25, -0.2) is 0 Å². The Hall–Kier alpha value is -1.40. The van der Waals surface area contributed by atoms with Crippen molar-refractivity contribution in [2.24, 2.45) is 13.0 Å². The summed E-state index contributed by atoms with van der Waals surface area (Å²) in [6.07, 6.45) is 3.72. The van der Waals surface area contributed by atoms with Gasteiger partial charge in [-0.15, -0.1) is 12.4 Å². The third-order valence-electron chi connectivity index (χ3n) is 4.31. The van der Waals surface area contributed by atoms with E-state index in [9.17, 15) is 5.11 Å². The lowest BCUT2D eigenvalue weighted by molar-refractivity contribution is 0.146. The van der Waals surface area contributed by atoms with Crippen LogP contribution in [0.4, 0.5) is 0 Å². The van der Waals surface area contributed by atoms with Crippen molar-refractivity contribution in [3.63, 3.8) is 0 Å². The molecule has 1 aromatic heterocycles. The molecule has 0 radical (unpaired) electrons. The molecule has 2 aromatic rings. The maximum absolute atomic E-state index is 9.84. The van der Waals surface area contributed by atoms with Gasteiger partial charge in [0, 0.05) is 50.9 Å². The Kier molecular flexibility index (Phi) is 6.18. The van der Waals surface area contributed by atoms with Gasteiger partial charge in [-0.1, -0.05) is 23.8 Å². The van der Waals surface area contributed by atoms with Gasteiger partial charge in [-0.2, -0.15) is 5.10 Å². The highest BCUT2D eigenvalue weighted by molar-refractivity contribution is 5.85. The van der Waals surface area contributed by atoms with E-state index in [4.69, 9.17) is 0 Å². The van der Waals surface area contributed by atoms with E-state index in [1.165, 1.54) is 16.7 Å². The smallest absolute Gasteiger partial charge is 0.0716 e. The third-order valence-corrected chi connectivity index (χ3v) is 4.31. The number of aliphatic hydroxyl groups excluding tert-OH is 1. The number of hydrogen-bond acceptors (Lipinski definition) is 4. The molecule has 23 heavy (non-hydrogen) atoms. The minimum Gasteiger partial charge on any atom is -0.391 e. The van der Waals surface area contributed by atoms with E-state index in [0.717, 1.165) is 25.2 Å². The van der Waals surface area contributed by atoms with Crippen molar-refractivity contribution in [2.45, 2.75) is 19.6 Å². The molecule has 0 amide bonds. The van der Waals surface area contributed by atoms with E-state index in [0.29, 0.717) is 12.5 Å². The van der Waals surface area contributed by atoms with E-state index in [1.807, 2.05) is 24.1 Å². The second-order valence-electron chi connectivity index (χ2n) is 6.18. The van der Waals surface area contributed by atoms with Crippen molar-refractivity contribution in [1.29, 1.82) is 0 Å². The lowest BCUT2D eigenvalue weighted by atomic mass is 9.99. The molecule has 1 fully saturated rings. The summed E-state index contributed by atoms with van der Waals surface area (Å²) in [5.74, 6) is 0.298. The molecule has 3 rings (SSSR count). The molecule has 2 heterocycles. The molecular weight excluding hydrogens is 312 g/mol. The Morgan fingerprint density at radius 1 is 1.39 bits per heavy atom. The van der Waals surface area contributed by atoms with Crippen LogP contribution in [0, 0.1) is 12.8 Å². The first-order chi connectivity index (χ1) is 10.6. The predicted octanol–water partition coefficient (Wildman–Crippen LogP) is 1.49. The average molecular weight is 337 g/mol. The highest BCUT2D eigenvalue weighted by Gasteiger charge is 2.24. The van der Waals surface area contributed by atoms with Gasteiger partial charge >= 0.3 is 0 Å². The van der Waals surface area contributed by atoms with Crippen LogP contribution < -0.4 is 10.6 Å². The van der Waals surface area contributed by atoms with Crippen molar-refractivity contribution < 1.29 is 5.11 Å². The summed E-state index contributed by atoms with van der Waals surface area (Å²) in [7, 11) is 1.94. The van der Waals surface area contributed by atoms with Crippen molar-refractivity contribution in [2.75, 3.05) is 19.6 Å². The fraction of sp³-hybridized carbons (Fsp3) is 0.471. The molecule has 126 valence electrons. The van der Waals surface area contributed by atoms with Crippen LogP contribution in [-0.4, -0.2) is 40.6 Å². The van der Waals surface area contributed by atoms with Crippen LogP contribution in [0.5, 0.6) is 0 Å². The topological polar surface area (TPSA) is 62.1 Å². The molecule has 3 N–H and O–H groups in total. The Labute approximate surface area is 143 Å². The van der Waals surface area contributed by atoms with Gasteiger partial charge in [0.15, 0.2) is 0 Å². The molecule has 0 aliphatic carbocycles. The highest BCUT2D eigenvalue weighted by Crippen LogP contribution is 2.24. The number of aromatic nitrogens is 2. The van der Waals surface area contributed by atoms with Gasteiger partial charge in [0.05, 0.1) is 12.3 Å². The monoisotopic (exact) mass is 336 g/mol. The fourth-order valence-corrected chi connectivity index (χ4v) is 2.99. The summed E-state index contributed by atoms with van der Waals surface area (Å²) in [6, 6.07) is 6.52. The van der Waals surface area contributed by atoms with Gasteiger partial charge in [-0.3, -0.25) is 4.68 Å². The number of rotatable bonds is 5. The molecular formula is C17H25ClN4O. The Bertz CT molecular complexity index is 643. The molecule has 0 spiro atoms. The lowest BCUT2D eigenvalue weighted by Gasteiger charge is -2.15. The maximum atomic E-state index is 9.84. The zero-order valence-corrected chi connectivity index (χ0v) is 14.4. The van der Waals surface area contributed by atoms with E-state index in [-0.39, 0.29) is 18.5 Å². The van der Waals surface area contributed by atoms with Crippen molar-refractivity contribution >= 4 is 12.4 Å². The van der Waals surface area contributed by atoms with Crippen LogP contribution in [0.15, 0.2) is 30.6 Å². The first kappa shape index (κ1) is 17.9. The quantitative estimate of drug-likeness (QED) is 0.774. The minimum absolute atomic E-state index is 0. The van der Waals surface area contributed by atoms with Gasteiger partial charge in [0.25, 0.3) is 0 Å². The second kappa shape index (κ2) is 7.93. The molecule has 1 aromatic carbocycles. The number of halogens is 1. The van der Waals surface area contributed by atoms with Crippen LogP contribution in [0.1, 0.15) is 11.1 Å². The summed E-state index contributed by atoms with van der Waals surface area (Å²) >= 11 is 0. The van der Waals surface area contributed by atoms with Crippen LogP contribution in [0.2, 0.25) is 0 Å². The number of hydrogen-bond donors (Lipinski definition) is 3. The van der Waals surface area contributed by atoms with E-state index in [1.54, 1.807) is 0 Å². The van der Waals surface area contributed by atoms with E-state index >= 15 is 0 Å². The number of aliphatic hydroxyl groups is 1. The lowest BCUT2D eigenvalue weighted by Crippen LogP contribution is -2.30. The number of nitrogens with one attached hydrogen (secondary N) is 2. The Morgan fingerprint density at radius 2 is 2.22 bits per heavy atom. The summed E-state index contributed by atoms with van der Waals surface area (Å²) in [6.45, 7) is 5.33. The van der Waals surface area contributed by atoms with E-state index < -0.39 is 0 Å². The number of nitrogens with zero attached hydrogens (tertiary/aromatic N) is 2. The zero-order valence-electron chi connectivity index (χ0n) is 13.6. The highest BCUT2D eigenvalue weighted by atomic mass is 35.5. The summed E-state index contributed by atoms with van der Waals surface area (Å²) in [5, 5.41) is 20.8. The SMILES string of the molecule is Cc1ccc(CNCC2CNCC2O)c(-c2cnn(C)c2)c1.Cl. The maximum Gasteiger partial charge on any atom is 0.0716 e. The fourth-order valence-electron chi connectivity index (χ4n) is 2.99. The molecule has 1 aliphatic heterocycles. The van der Waals surface area contributed by atoms with E-state index in [2.05, 4.69) is 40.9 Å². The molecule has 6 heteroatoms. The summed E-state index contributed by atoms with van der Waals surface area (Å²) in [4.78, 5) is 0. The molecule has 1 saturated heterocycles. The molecule has 0 bridgehead atoms. The standard InChI is InChI=1S/C17H24N4O.ClH/c1-12-3-4-13(6-18-7-14-8-19-10-17(14)22)16(5-12)15-9-20-21(2)11-15;/h3-5,9,11,14,17-19,22H,6-8,10H2,1-2H3;1H. The number of β-amino-alcohol motifs (C(OH)–C–C–N with tert-alkyl or cyclic N) is 1. The number of benzene rings is 1. The van der Waals surface area contributed by atoms with Gasteiger partial charge < -0.3 is 15.7 Å². The normalized spacial score (nSPS) is 20.5. The Morgan fingerprint density at radius 3 is 2.87 bits per heavy atom. The molecule has 5 nitrogen and oxygen atoms in total. The summed E-state index contributed by atoms with van der Waals surface area (Å²) < 4.78 is 1.83. The van der Waals surface area contributed by atoms with Crippen molar-refractivity contribution in [3.8, 4) is 11.1 Å². The number of aryl methyl sites for hydroxylation is 2. The third kappa shape index (κ3) is 4.32. The molecule has 2 atom stereocenters. The van der Waals surface area contributed by atoms with Gasteiger partial charge in [0.2, 0.25) is 0 Å². The molecule has 1 aliphatic rings. The van der Waals surface area contributed by atoms with Crippen molar-refractivity contribution in [1.82, 2.24) is 20.4 Å². The Balaban J connectivity index is 0.00000192. The molecule has 0 saturated carbocycles. The van der Waals surface area contributed by atoms with Crippen molar-refractivity contribution in [3.05, 3.63) is 41.7 Å². The zero-order chi connectivity index (χ0) is 15.5. The minimum atomic E-state index is -0.233. The second-order valence-corrected chi connectivity index (χ2v) is 6.18. The van der Waals surface area contributed by atoms with Crippen LogP contribution >= 0.6 is 12.4 Å². The first-order valence-electron chi connectivity index (χ1n) is 7.81. The predicted molar refractivity (Wildman–Crippen MR) is 94.7 cm³/mol. The first-order valence-corrected chi connectivity index (χ1v) is 7.81. The van der Waals surface area contributed by atoms with Gasteiger partial charge in [-0.05, 0) is 18.1 Å². The van der Waals surface area contributed by atoms with Crippen LogP contribution in [0.25, 0.3) is 11.1 Å². The summed E-state index contributed by atoms with van der Waals surface area (Å²) in [5.41, 5.74) is 4.88. The molecule has 2 unspecified atom stereocenters. The largest absolute Gasteiger partial charge is 0.391 e. The average Bonchev–Trinajstić information content (AvgIpc) is 3.10. The van der Waals surface area contributed by atoms with Gasteiger partial charge in [0.1, 0.15) is 0 Å².